The van der Waals surface area contributed by atoms with Crippen molar-refractivity contribution in [2.45, 2.75) is 13.8 Å². The molecule has 1 aromatic carbocycles. The van der Waals surface area contributed by atoms with Gasteiger partial charge in [-0.2, -0.15) is 0 Å². The lowest BCUT2D eigenvalue weighted by Crippen LogP contribution is -1.73. The van der Waals surface area contributed by atoms with Crippen LogP contribution in [0.2, 0.25) is 0 Å². The molecule has 0 amide bonds. The van der Waals surface area contributed by atoms with E-state index in [1.807, 2.05) is 6.07 Å². The van der Waals surface area contributed by atoms with Gasteiger partial charge in [0.1, 0.15) is 11.3 Å². The highest BCUT2D eigenvalue weighted by Crippen LogP contribution is 2.26. The number of furan rings is 1. The summed E-state index contributed by atoms with van der Waals surface area (Å²) < 4.78 is 5.58. The first-order valence-electron chi connectivity index (χ1n) is 4.34. The number of fused-ring (bicyclic) bond motifs is 1. The predicted molar refractivity (Wildman–Crippen MR) is 55.8 cm³/mol. The van der Waals surface area contributed by atoms with Crippen LogP contribution in [-0.2, 0) is 0 Å². The van der Waals surface area contributed by atoms with Crippen LogP contribution >= 0.6 is 0 Å². The molecular weight excluding hydrogens is 160 g/mol. The summed E-state index contributed by atoms with van der Waals surface area (Å²) in [7, 11) is 0. The van der Waals surface area contributed by atoms with E-state index < -0.39 is 0 Å². The Balaban J connectivity index is 2.84. The first-order valence-corrected chi connectivity index (χ1v) is 4.34. The molecule has 0 saturated carbocycles. The molecule has 2 rings (SSSR count). The number of hydrogen-bond acceptors (Lipinski definition) is 1. The molecule has 0 unspecified atom stereocenters. The summed E-state index contributed by atoms with van der Waals surface area (Å²) >= 11 is 0. The quantitative estimate of drug-likeness (QED) is 0.639. The highest BCUT2D eigenvalue weighted by molar-refractivity contribution is 5.84. The molecular formula is C12H12O. The molecule has 13 heavy (non-hydrogen) atoms. The van der Waals surface area contributed by atoms with E-state index >= 15 is 0 Å². The van der Waals surface area contributed by atoms with Crippen LogP contribution in [-0.4, -0.2) is 0 Å². The van der Waals surface area contributed by atoms with E-state index in [1.54, 1.807) is 6.08 Å². The van der Waals surface area contributed by atoms with E-state index in [0.29, 0.717) is 0 Å². The Hall–Kier alpha value is -1.50. The van der Waals surface area contributed by atoms with E-state index in [4.69, 9.17) is 4.42 Å². The van der Waals surface area contributed by atoms with E-state index in [9.17, 15) is 0 Å². The summed E-state index contributed by atoms with van der Waals surface area (Å²) in [6.45, 7) is 7.86. The van der Waals surface area contributed by atoms with Crippen molar-refractivity contribution in [1.29, 1.82) is 0 Å². The van der Waals surface area contributed by atoms with Gasteiger partial charge in [-0.25, -0.2) is 0 Å². The normalized spacial score (nSPS) is 10.6. The van der Waals surface area contributed by atoms with Crippen molar-refractivity contribution in [3.63, 3.8) is 0 Å². The van der Waals surface area contributed by atoms with E-state index in [1.165, 1.54) is 16.5 Å². The Bertz CT molecular complexity index is 463. The third-order valence-corrected chi connectivity index (χ3v) is 2.31. The van der Waals surface area contributed by atoms with E-state index in [-0.39, 0.29) is 0 Å². The van der Waals surface area contributed by atoms with Crippen molar-refractivity contribution < 1.29 is 4.42 Å². The number of benzene rings is 1. The van der Waals surface area contributed by atoms with Crippen LogP contribution in [0.15, 0.2) is 29.2 Å². The monoisotopic (exact) mass is 172 g/mol. The highest BCUT2D eigenvalue weighted by Gasteiger charge is 2.06. The number of aryl methyl sites for hydroxylation is 2. The Morgan fingerprint density at radius 3 is 2.77 bits per heavy atom. The Morgan fingerprint density at radius 2 is 2.08 bits per heavy atom. The van der Waals surface area contributed by atoms with Gasteiger partial charge in [0, 0.05) is 10.9 Å². The molecule has 0 spiro atoms. The van der Waals surface area contributed by atoms with Crippen molar-refractivity contribution in [3.05, 3.63) is 41.7 Å². The van der Waals surface area contributed by atoms with Crippen molar-refractivity contribution in [3.8, 4) is 0 Å². The third kappa shape index (κ3) is 1.17. The highest BCUT2D eigenvalue weighted by atomic mass is 16.3. The number of rotatable bonds is 1. The van der Waals surface area contributed by atoms with Gasteiger partial charge in [0.25, 0.3) is 0 Å². The van der Waals surface area contributed by atoms with Crippen LogP contribution in [0, 0.1) is 13.8 Å². The Morgan fingerprint density at radius 1 is 1.31 bits per heavy atom. The first kappa shape index (κ1) is 8.11. The van der Waals surface area contributed by atoms with Gasteiger partial charge in [-0.3, -0.25) is 0 Å². The average molecular weight is 172 g/mol. The van der Waals surface area contributed by atoms with Crippen LogP contribution in [0.4, 0.5) is 0 Å². The van der Waals surface area contributed by atoms with Crippen LogP contribution in [0.3, 0.4) is 0 Å². The Kier molecular flexibility index (Phi) is 1.73. The molecule has 0 radical (unpaired) electrons. The van der Waals surface area contributed by atoms with Gasteiger partial charge in [0.05, 0.1) is 0 Å². The molecule has 2 aromatic rings. The number of hydrogen-bond donors (Lipinski definition) is 0. The zero-order valence-electron chi connectivity index (χ0n) is 7.92. The Labute approximate surface area is 77.7 Å². The fourth-order valence-electron chi connectivity index (χ4n) is 1.55. The van der Waals surface area contributed by atoms with Gasteiger partial charge in [-0.05, 0) is 32.1 Å². The topological polar surface area (TPSA) is 13.1 Å². The van der Waals surface area contributed by atoms with Gasteiger partial charge >= 0.3 is 0 Å². The summed E-state index contributed by atoms with van der Waals surface area (Å²) in [4.78, 5) is 0. The summed E-state index contributed by atoms with van der Waals surface area (Å²) in [5, 5.41) is 1.19. The van der Waals surface area contributed by atoms with Gasteiger partial charge < -0.3 is 4.42 Å². The largest absolute Gasteiger partial charge is 0.456 e. The lowest BCUT2D eigenvalue weighted by molar-refractivity contribution is 0.601. The zero-order valence-corrected chi connectivity index (χ0v) is 7.92. The molecule has 1 heteroatoms. The first-order chi connectivity index (χ1) is 6.22. The summed E-state index contributed by atoms with van der Waals surface area (Å²) in [5.74, 6) is 0.876. The zero-order chi connectivity index (χ0) is 9.42. The van der Waals surface area contributed by atoms with Gasteiger partial charge in [0.2, 0.25) is 0 Å². The molecule has 0 atom stereocenters. The van der Waals surface area contributed by atoms with Crippen molar-refractivity contribution >= 4 is 17.0 Å². The smallest absolute Gasteiger partial charge is 0.135 e. The molecule has 0 saturated heterocycles. The van der Waals surface area contributed by atoms with Crippen LogP contribution in [0.1, 0.15) is 16.9 Å². The summed E-state index contributed by atoms with van der Waals surface area (Å²) in [6.07, 6.45) is 1.75. The lowest BCUT2D eigenvalue weighted by Gasteiger charge is -1.91. The molecule has 0 fully saturated rings. The minimum Gasteiger partial charge on any atom is -0.456 e. The molecule has 1 aromatic heterocycles. The maximum atomic E-state index is 5.58. The maximum absolute atomic E-state index is 5.58. The molecule has 66 valence electrons. The SMILES string of the molecule is C=Cc1oc2ccc(C)cc2c1C. The van der Waals surface area contributed by atoms with Crippen LogP contribution < -0.4 is 0 Å². The standard InChI is InChI=1S/C12H12O/c1-4-11-9(3)10-7-8(2)5-6-12(10)13-11/h4-7H,1H2,2-3H3. The minimum atomic E-state index is 0.876. The van der Waals surface area contributed by atoms with Gasteiger partial charge in [0.15, 0.2) is 0 Å². The van der Waals surface area contributed by atoms with Gasteiger partial charge in [-0.1, -0.05) is 18.2 Å². The molecule has 0 bridgehead atoms. The van der Waals surface area contributed by atoms with Crippen LogP contribution in [0.25, 0.3) is 17.0 Å². The lowest BCUT2D eigenvalue weighted by atomic mass is 10.1. The molecule has 1 heterocycles. The van der Waals surface area contributed by atoms with Crippen molar-refractivity contribution in [1.82, 2.24) is 0 Å². The fraction of sp³-hybridized carbons (Fsp3) is 0.167. The van der Waals surface area contributed by atoms with E-state index in [2.05, 4.69) is 32.6 Å². The summed E-state index contributed by atoms with van der Waals surface area (Å²) in [6, 6.07) is 6.20. The predicted octanol–water partition coefficient (Wildman–Crippen LogP) is 3.69. The molecule has 0 aliphatic rings. The molecule has 1 nitrogen and oxygen atoms in total. The maximum Gasteiger partial charge on any atom is 0.135 e. The summed E-state index contributed by atoms with van der Waals surface area (Å²) in [5.41, 5.74) is 3.37. The van der Waals surface area contributed by atoms with Crippen molar-refractivity contribution in [2.24, 2.45) is 0 Å². The van der Waals surface area contributed by atoms with E-state index in [0.717, 1.165) is 11.3 Å². The third-order valence-electron chi connectivity index (χ3n) is 2.31. The van der Waals surface area contributed by atoms with Crippen molar-refractivity contribution in [2.75, 3.05) is 0 Å². The second kappa shape index (κ2) is 2.77. The average Bonchev–Trinajstić information content (AvgIpc) is 2.44. The second-order valence-electron chi connectivity index (χ2n) is 3.30. The molecule has 0 N–H and O–H groups in total. The molecule has 0 aliphatic heterocycles. The van der Waals surface area contributed by atoms with Gasteiger partial charge in [-0.15, -0.1) is 0 Å². The van der Waals surface area contributed by atoms with Crippen LogP contribution in [0.5, 0.6) is 0 Å². The second-order valence-corrected chi connectivity index (χ2v) is 3.30. The minimum absolute atomic E-state index is 0.876. The fourth-order valence-corrected chi connectivity index (χ4v) is 1.55. The molecule has 0 aliphatic carbocycles.